The quantitative estimate of drug-likeness (QED) is 0.682. The molecule has 2 nitrogen and oxygen atoms in total. The lowest BCUT2D eigenvalue weighted by Crippen LogP contribution is -2.25. The van der Waals surface area contributed by atoms with Gasteiger partial charge in [0.25, 0.3) is 0 Å². The van der Waals surface area contributed by atoms with Crippen LogP contribution in [0.15, 0.2) is 91.2 Å². The number of benzene rings is 1. The number of allylic oxidation sites excluding steroid dienone is 3. The van der Waals surface area contributed by atoms with Crippen LogP contribution < -0.4 is 4.90 Å². The lowest BCUT2D eigenvalue weighted by atomic mass is 10.2. The maximum absolute atomic E-state index is 4.43. The summed E-state index contributed by atoms with van der Waals surface area (Å²) in [5.41, 5.74) is 3.29. The highest BCUT2D eigenvalue weighted by Crippen LogP contribution is 2.17. The number of para-hydroxylation sites is 1. The summed E-state index contributed by atoms with van der Waals surface area (Å²) in [6.07, 6.45) is 9.92. The summed E-state index contributed by atoms with van der Waals surface area (Å²) in [6.45, 7) is 7.69. The van der Waals surface area contributed by atoms with Crippen molar-refractivity contribution in [3.8, 4) is 0 Å². The van der Waals surface area contributed by atoms with Gasteiger partial charge in [-0.1, -0.05) is 55.1 Å². The van der Waals surface area contributed by atoms with Gasteiger partial charge in [-0.2, -0.15) is 0 Å². The van der Waals surface area contributed by atoms with Crippen molar-refractivity contribution in [2.45, 2.75) is 13.5 Å². The molecule has 2 aromatic rings. The van der Waals surface area contributed by atoms with E-state index in [4.69, 9.17) is 0 Å². The molecule has 1 aromatic heterocycles. The van der Waals surface area contributed by atoms with E-state index in [9.17, 15) is 0 Å². The molecule has 112 valence electrons. The summed E-state index contributed by atoms with van der Waals surface area (Å²) < 4.78 is 0. The summed E-state index contributed by atoms with van der Waals surface area (Å²) >= 11 is 0. The Hall–Kier alpha value is -2.61. The van der Waals surface area contributed by atoms with Crippen molar-refractivity contribution < 1.29 is 0 Å². The number of pyridine rings is 1. The van der Waals surface area contributed by atoms with Gasteiger partial charge in [-0.3, -0.25) is 4.98 Å². The molecule has 0 spiro atoms. The Balaban J connectivity index is 2.13. The van der Waals surface area contributed by atoms with E-state index in [1.807, 2.05) is 61.7 Å². The lowest BCUT2D eigenvalue weighted by Gasteiger charge is -2.24. The Labute approximate surface area is 133 Å². The number of hydrogen-bond acceptors (Lipinski definition) is 2. The van der Waals surface area contributed by atoms with Gasteiger partial charge in [0.1, 0.15) is 0 Å². The van der Waals surface area contributed by atoms with Crippen molar-refractivity contribution in [2.75, 3.05) is 11.4 Å². The van der Waals surface area contributed by atoms with Crippen LogP contribution in [0, 0.1) is 0 Å². The fourth-order valence-electron chi connectivity index (χ4n) is 2.17. The van der Waals surface area contributed by atoms with E-state index in [1.54, 1.807) is 0 Å². The van der Waals surface area contributed by atoms with Crippen LogP contribution >= 0.6 is 0 Å². The second kappa shape index (κ2) is 8.63. The normalized spacial score (nSPS) is 11.1. The highest BCUT2D eigenvalue weighted by atomic mass is 15.1. The molecule has 0 bridgehead atoms. The van der Waals surface area contributed by atoms with E-state index >= 15 is 0 Å². The minimum atomic E-state index is 0.765. The van der Waals surface area contributed by atoms with Crippen molar-refractivity contribution in [3.63, 3.8) is 0 Å². The number of hydrogen-bond donors (Lipinski definition) is 0. The fourth-order valence-corrected chi connectivity index (χ4v) is 2.17. The zero-order chi connectivity index (χ0) is 15.6. The Morgan fingerprint density at radius 2 is 1.86 bits per heavy atom. The maximum atomic E-state index is 4.43. The van der Waals surface area contributed by atoms with Crippen LogP contribution in [-0.2, 0) is 6.54 Å². The molecular weight excluding hydrogens is 268 g/mol. The van der Waals surface area contributed by atoms with Crippen LogP contribution in [0.3, 0.4) is 0 Å². The van der Waals surface area contributed by atoms with Crippen molar-refractivity contribution in [2.24, 2.45) is 0 Å². The van der Waals surface area contributed by atoms with Gasteiger partial charge in [-0.15, -0.1) is 0 Å². The number of aromatic nitrogens is 1. The Kier molecular flexibility index (Phi) is 6.18. The van der Waals surface area contributed by atoms with Crippen LogP contribution in [0.25, 0.3) is 0 Å². The Bertz CT molecular complexity index is 627. The highest BCUT2D eigenvalue weighted by molar-refractivity contribution is 5.48. The van der Waals surface area contributed by atoms with E-state index in [0.717, 1.165) is 24.4 Å². The zero-order valence-corrected chi connectivity index (χ0v) is 13.0. The molecule has 0 aliphatic heterocycles. The molecule has 0 radical (unpaired) electrons. The summed E-state index contributed by atoms with van der Waals surface area (Å²) in [6, 6.07) is 16.4. The molecule has 2 heteroatoms. The molecule has 1 heterocycles. The fraction of sp³-hybridized carbons (Fsp3) is 0.150. The molecule has 0 saturated heterocycles. The van der Waals surface area contributed by atoms with Crippen LogP contribution in [0.4, 0.5) is 5.69 Å². The molecule has 0 aliphatic carbocycles. The molecule has 0 amide bonds. The average Bonchev–Trinajstić information content (AvgIpc) is 2.56. The summed E-state index contributed by atoms with van der Waals surface area (Å²) in [5.74, 6) is 0. The topological polar surface area (TPSA) is 16.1 Å². The van der Waals surface area contributed by atoms with Gasteiger partial charge in [0, 0.05) is 18.4 Å². The first-order chi connectivity index (χ1) is 10.8. The van der Waals surface area contributed by atoms with Gasteiger partial charge in [-0.05, 0) is 36.8 Å². The second-order valence-corrected chi connectivity index (χ2v) is 5.06. The van der Waals surface area contributed by atoms with Crippen LogP contribution in [0.1, 0.15) is 12.6 Å². The number of nitrogens with zero attached hydrogens (tertiary/aromatic N) is 2. The van der Waals surface area contributed by atoms with Gasteiger partial charge in [0.2, 0.25) is 0 Å². The van der Waals surface area contributed by atoms with Gasteiger partial charge in [0.05, 0.1) is 12.2 Å². The van der Waals surface area contributed by atoms with E-state index in [1.165, 1.54) is 5.69 Å². The third-order valence-corrected chi connectivity index (χ3v) is 3.23. The monoisotopic (exact) mass is 290 g/mol. The average molecular weight is 290 g/mol. The second-order valence-electron chi connectivity index (χ2n) is 5.06. The molecule has 0 saturated carbocycles. The van der Waals surface area contributed by atoms with E-state index < -0.39 is 0 Å². The molecular formula is C20H22N2. The van der Waals surface area contributed by atoms with E-state index in [0.29, 0.717) is 0 Å². The van der Waals surface area contributed by atoms with Crippen molar-refractivity contribution >= 4 is 5.69 Å². The highest BCUT2D eigenvalue weighted by Gasteiger charge is 2.08. The predicted octanol–water partition coefficient (Wildman–Crippen LogP) is 4.78. The first-order valence-electron chi connectivity index (χ1n) is 7.46. The van der Waals surface area contributed by atoms with Crippen LogP contribution in [-0.4, -0.2) is 11.5 Å². The summed E-state index contributed by atoms with van der Waals surface area (Å²) in [5, 5.41) is 0. The summed E-state index contributed by atoms with van der Waals surface area (Å²) in [4.78, 5) is 6.71. The van der Waals surface area contributed by atoms with Crippen molar-refractivity contribution in [1.82, 2.24) is 4.98 Å². The molecule has 1 aromatic carbocycles. The van der Waals surface area contributed by atoms with Crippen LogP contribution in [0.2, 0.25) is 0 Å². The molecule has 0 N–H and O–H groups in total. The zero-order valence-electron chi connectivity index (χ0n) is 13.0. The third kappa shape index (κ3) is 5.06. The van der Waals surface area contributed by atoms with E-state index in [2.05, 4.69) is 40.7 Å². The maximum Gasteiger partial charge on any atom is 0.0605 e. The molecule has 0 fully saturated rings. The SMILES string of the molecule is C=C(/C=C\C=C/C)CN(Cc1ccccn1)c1ccccc1. The van der Waals surface area contributed by atoms with Crippen molar-refractivity contribution in [3.05, 3.63) is 96.9 Å². The first kappa shape index (κ1) is 15.8. The number of anilines is 1. The van der Waals surface area contributed by atoms with Gasteiger partial charge < -0.3 is 4.90 Å². The molecule has 0 aliphatic rings. The van der Waals surface area contributed by atoms with Gasteiger partial charge in [0.15, 0.2) is 0 Å². The Morgan fingerprint density at radius 1 is 1.09 bits per heavy atom. The van der Waals surface area contributed by atoms with E-state index in [-0.39, 0.29) is 0 Å². The minimum Gasteiger partial charge on any atom is -0.361 e. The molecule has 0 unspecified atom stereocenters. The number of rotatable bonds is 7. The van der Waals surface area contributed by atoms with Crippen molar-refractivity contribution in [1.29, 1.82) is 0 Å². The third-order valence-electron chi connectivity index (χ3n) is 3.23. The largest absolute Gasteiger partial charge is 0.361 e. The van der Waals surface area contributed by atoms with Gasteiger partial charge in [-0.25, -0.2) is 0 Å². The Morgan fingerprint density at radius 3 is 2.55 bits per heavy atom. The molecule has 2 rings (SSSR count). The molecule has 22 heavy (non-hydrogen) atoms. The predicted molar refractivity (Wildman–Crippen MR) is 94.8 cm³/mol. The standard InChI is InChI=1S/C20H22N2/c1-3-4-6-11-18(2)16-22(20-13-7-5-8-14-20)17-19-12-9-10-15-21-19/h3-15H,2,16-17H2,1H3/b4-3-,11-6-. The van der Waals surface area contributed by atoms with Gasteiger partial charge >= 0.3 is 0 Å². The molecule has 0 atom stereocenters. The summed E-state index contributed by atoms with van der Waals surface area (Å²) in [7, 11) is 0. The smallest absolute Gasteiger partial charge is 0.0605 e. The minimum absolute atomic E-state index is 0.765. The first-order valence-corrected chi connectivity index (χ1v) is 7.46. The lowest BCUT2D eigenvalue weighted by molar-refractivity contribution is 0.829. The van der Waals surface area contributed by atoms with Crippen LogP contribution in [0.5, 0.6) is 0 Å².